The first-order chi connectivity index (χ1) is 29.2. The number of aromatic nitrogens is 4. The Kier molecular flexibility index (Phi) is 6.91. The normalized spacial score (nSPS) is 12.3. The molecule has 274 valence electrons. The SMILES string of the molecule is c1ccc(-c2ccc(-n3c4ccc(-c5ccc6c(c5)c5ccccc5n6-c5nc6c7c(cccc7n5)Sc5ccccc5-6)cc4c4cc5ccccc5cc43)cc2)cc1. The van der Waals surface area contributed by atoms with Crippen molar-refractivity contribution < 1.29 is 0 Å². The van der Waals surface area contributed by atoms with Crippen molar-refractivity contribution in [2.75, 3.05) is 0 Å². The van der Waals surface area contributed by atoms with Crippen LogP contribution in [0, 0.1) is 0 Å². The maximum atomic E-state index is 5.36. The van der Waals surface area contributed by atoms with Gasteiger partial charge in [0.25, 0.3) is 0 Å². The molecule has 59 heavy (non-hydrogen) atoms. The largest absolute Gasteiger partial charge is 0.309 e. The number of fused-ring (bicyclic) bond motifs is 9. The van der Waals surface area contributed by atoms with Gasteiger partial charge in [-0.25, -0.2) is 9.97 Å². The Balaban J connectivity index is 0.991. The molecule has 0 amide bonds. The zero-order valence-electron chi connectivity index (χ0n) is 31.7. The molecular weight excluding hydrogens is 737 g/mol. The van der Waals surface area contributed by atoms with Crippen LogP contribution >= 0.6 is 11.8 Å². The van der Waals surface area contributed by atoms with Gasteiger partial charge in [-0.2, -0.15) is 0 Å². The third-order valence-corrected chi connectivity index (χ3v) is 13.2. The van der Waals surface area contributed by atoms with Crippen molar-refractivity contribution in [3.8, 4) is 45.1 Å². The molecule has 12 aromatic rings. The van der Waals surface area contributed by atoms with E-state index in [1.54, 1.807) is 11.8 Å². The maximum absolute atomic E-state index is 5.36. The lowest BCUT2D eigenvalue weighted by Gasteiger charge is -2.20. The molecule has 5 heteroatoms. The molecule has 0 aliphatic carbocycles. The van der Waals surface area contributed by atoms with Gasteiger partial charge in [0.1, 0.15) is 0 Å². The van der Waals surface area contributed by atoms with Gasteiger partial charge in [0.2, 0.25) is 5.95 Å². The van der Waals surface area contributed by atoms with Crippen LogP contribution in [0.1, 0.15) is 0 Å². The Morgan fingerprint density at radius 1 is 0.373 bits per heavy atom. The van der Waals surface area contributed by atoms with Crippen molar-refractivity contribution in [2.24, 2.45) is 0 Å². The monoisotopic (exact) mass is 768 g/mol. The molecule has 0 atom stereocenters. The third-order valence-electron chi connectivity index (χ3n) is 12.1. The van der Waals surface area contributed by atoms with Gasteiger partial charge in [0.15, 0.2) is 0 Å². The molecule has 0 bridgehead atoms. The molecular formula is C54H32N4S. The Bertz CT molecular complexity index is 3690. The highest BCUT2D eigenvalue weighted by atomic mass is 32.2. The van der Waals surface area contributed by atoms with E-state index in [1.165, 1.54) is 75.4 Å². The fraction of sp³-hybridized carbons (Fsp3) is 0. The number of rotatable bonds is 4. The zero-order valence-corrected chi connectivity index (χ0v) is 32.5. The average molecular weight is 769 g/mol. The second kappa shape index (κ2) is 12.5. The summed E-state index contributed by atoms with van der Waals surface area (Å²) in [7, 11) is 0. The second-order valence-corrected chi connectivity index (χ2v) is 16.5. The van der Waals surface area contributed by atoms with Crippen LogP contribution in [0.5, 0.6) is 0 Å². The van der Waals surface area contributed by atoms with Crippen LogP contribution in [0.3, 0.4) is 0 Å². The van der Waals surface area contributed by atoms with Gasteiger partial charge in [0.05, 0.1) is 33.3 Å². The first-order valence-corrected chi connectivity index (χ1v) is 20.8. The van der Waals surface area contributed by atoms with Gasteiger partial charge >= 0.3 is 0 Å². The Morgan fingerprint density at radius 2 is 0.983 bits per heavy atom. The first-order valence-electron chi connectivity index (χ1n) is 20.0. The summed E-state index contributed by atoms with van der Waals surface area (Å²) in [5, 5.41) is 8.41. The second-order valence-electron chi connectivity index (χ2n) is 15.4. The van der Waals surface area contributed by atoms with Crippen LogP contribution in [0.2, 0.25) is 0 Å². The molecule has 4 nitrogen and oxygen atoms in total. The molecule has 1 aliphatic rings. The lowest BCUT2D eigenvalue weighted by molar-refractivity contribution is 1.01. The van der Waals surface area contributed by atoms with Crippen LogP contribution < -0.4 is 0 Å². The highest BCUT2D eigenvalue weighted by Crippen LogP contribution is 2.47. The molecule has 0 saturated heterocycles. The minimum absolute atomic E-state index is 0.684. The van der Waals surface area contributed by atoms with Crippen LogP contribution in [0.25, 0.3) is 110 Å². The summed E-state index contributed by atoms with van der Waals surface area (Å²) in [5.41, 5.74) is 13.6. The highest BCUT2D eigenvalue weighted by Gasteiger charge is 2.24. The molecule has 0 N–H and O–H groups in total. The molecule has 0 unspecified atom stereocenters. The van der Waals surface area contributed by atoms with Gasteiger partial charge in [-0.3, -0.25) is 4.57 Å². The van der Waals surface area contributed by atoms with E-state index in [4.69, 9.17) is 9.97 Å². The lowest BCUT2D eigenvalue weighted by atomic mass is 10.00. The summed E-state index contributed by atoms with van der Waals surface area (Å²) < 4.78 is 4.66. The van der Waals surface area contributed by atoms with Gasteiger partial charge in [-0.1, -0.05) is 133 Å². The molecule has 0 fully saturated rings. The van der Waals surface area contributed by atoms with E-state index in [0.717, 1.165) is 38.9 Å². The van der Waals surface area contributed by atoms with Crippen molar-refractivity contribution in [3.63, 3.8) is 0 Å². The smallest absolute Gasteiger partial charge is 0.235 e. The van der Waals surface area contributed by atoms with Crippen molar-refractivity contribution in [3.05, 3.63) is 194 Å². The molecule has 13 rings (SSSR count). The number of para-hydroxylation sites is 1. The van der Waals surface area contributed by atoms with Crippen molar-refractivity contribution in [1.82, 2.24) is 19.1 Å². The van der Waals surface area contributed by atoms with E-state index in [-0.39, 0.29) is 0 Å². The first kappa shape index (κ1) is 32.6. The predicted molar refractivity (Wildman–Crippen MR) is 246 cm³/mol. The molecule has 0 spiro atoms. The number of hydrogen-bond acceptors (Lipinski definition) is 3. The van der Waals surface area contributed by atoms with Crippen LogP contribution in [0.4, 0.5) is 0 Å². The summed E-state index contributed by atoms with van der Waals surface area (Å²) in [6.45, 7) is 0. The zero-order chi connectivity index (χ0) is 38.6. The summed E-state index contributed by atoms with van der Waals surface area (Å²) in [6, 6.07) is 70.3. The van der Waals surface area contributed by atoms with E-state index >= 15 is 0 Å². The highest BCUT2D eigenvalue weighted by molar-refractivity contribution is 7.99. The summed E-state index contributed by atoms with van der Waals surface area (Å²) in [4.78, 5) is 13.0. The van der Waals surface area contributed by atoms with E-state index in [1.807, 2.05) is 0 Å². The molecule has 0 saturated carbocycles. The van der Waals surface area contributed by atoms with Crippen LogP contribution in [-0.2, 0) is 0 Å². The van der Waals surface area contributed by atoms with E-state index in [9.17, 15) is 0 Å². The summed E-state index contributed by atoms with van der Waals surface area (Å²) in [5.74, 6) is 0.684. The van der Waals surface area contributed by atoms with Crippen LogP contribution in [-0.4, -0.2) is 19.1 Å². The minimum atomic E-state index is 0.684. The van der Waals surface area contributed by atoms with Gasteiger partial charge in [-0.15, -0.1) is 0 Å². The number of benzene rings is 9. The standard InChI is InChI=1S/C54H32N4S/c1-2-11-33(12-3-1)34-21-25-39(26-22-34)57-47-27-23-38(31-43(47)44-29-35-13-4-5-14-36(35)32-49(44)57)37-24-28-48-42(30-37)40-15-6-8-18-46(40)58(48)54-55-45-17-10-20-51-52(45)53(56-54)41-16-7-9-19-50(41)59-51/h1-32H. The van der Waals surface area contributed by atoms with Crippen molar-refractivity contribution >= 4 is 77.0 Å². The average Bonchev–Trinajstić information content (AvgIpc) is 3.80. The molecule has 4 heterocycles. The van der Waals surface area contributed by atoms with E-state index in [2.05, 4.69) is 203 Å². The van der Waals surface area contributed by atoms with Gasteiger partial charge in [0, 0.05) is 48.0 Å². The van der Waals surface area contributed by atoms with E-state index in [0.29, 0.717) is 5.95 Å². The Labute approximate surface area is 343 Å². The Morgan fingerprint density at radius 3 is 1.81 bits per heavy atom. The quantitative estimate of drug-likeness (QED) is 0.179. The predicted octanol–water partition coefficient (Wildman–Crippen LogP) is 14.4. The maximum Gasteiger partial charge on any atom is 0.235 e. The molecule has 1 aliphatic heterocycles. The number of hydrogen-bond donors (Lipinski definition) is 0. The lowest BCUT2D eigenvalue weighted by Crippen LogP contribution is -2.05. The van der Waals surface area contributed by atoms with E-state index < -0.39 is 0 Å². The molecule has 0 radical (unpaired) electrons. The fourth-order valence-electron chi connectivity index (χ4n) is 9.35. The number of nitrogens with zero attached hydrogens (tertiary/aromatic N) is 4. The van der Waals surface area contributed by atoms with Crippen molar-refractivity contribution in [1.29, 1.82) is 0 Å². The molecule has 9 aromatic carbocycles. The Hall–Kier alpha value is -7.47. The topological polar surface area (TPSA) is 35.6 Å². The van der Waals surface area contributed by atoms with Crippen LogP contribution in [0.15, 0.2) is 204 Å². The minimum Gasteiger partial charge on any atom is -0.309 e. The summed E-state index contributed by atoms with van der Waals surface area (Å²) in [6.07, 6.45) is 0. The third kappa shape index (κ3) is 4.92. The fourth-order valence-corrected chi connectivity index (χ4v) is 10.5. The van der Waals surface area contributed by atoms with Crippen molar-refractivity contribution in [2.45, 2.75) is 9.79 Å². The van der Waals surface area contributed by atoms with Gasteiger partial charge < -0.3 is 4.57 Å². The molecule has 3 aromatic heterocycles. The van der Waals surface area contributed by atoms with Gasteiger partial charge in [-0.05, 0) is 106 Å². The summed E-state index contributed by atoms with van der Waals surface area (Å²) >= 11 is 1.80.